The van der Waals surface area contributed by atoms with Crippen LogP contribution in [0.25, 0.3) is 0 Å². The quantitative estimate of drug-likeness (QED) is 0.863. The normalized spacial score (nSPS) is 16.2. The molecule has 1 amide bonds. The molecule has 110 valence electrons. The van der Waals surface area contributed by atoms with E-state index in [4.69, 9.17) is 10.3 Å². The molecule has 0 unspecified atom stereocenters. The molecule has 0 atom stereocenters. The minimum atomic E-state index is -0.435. The first-order valence-electron chi connectivity index (χ1n) is 7.08. The molecule has 1 aliphatic rings. The van der Waals surface area contributed by atoms with Gasteiger partial charge < -0.3 is 15.6 Å². The number of carbonyl (C=O) groups excluding carboxylic acids is 1. The van der Waals surface area contributed by atoms with Gasteiger partial charge in [0.2, 0.25) is 11.8 Å². The second-order valence-corrected chi connectivity index (χ2v) is 5.46. The molecule has 1 saturated carbocycles. The molecule has 0 spiro atoms. The summed E-state index contributed by atoms with van der Waals surface area (Å²) in [6.45, 7) is 0.231. The van der Waals surface area contributed by atoms with Gasteiger partial charge in [-0.3, -0.25) is 4.79 Å². The molecular formula is C15H18N4O2. The Hall–Kier alpha value is -2.21. The number of hydrogen-bond donors (Lipinski definition) is 2. The molecule has 3 N–H and O–H groups in total. The Kier molecular flexibility index (Phi) is 3.70. The van der Waals surface area contributed by atoms with E-state index in [2.05, 4.69) is 15.5 Å². The predicted octanol–water partition coefficient (Wildman–Crippen LogP) is 1.27. The van der Waals surface area contributed by atoms with Crippen LogP contribution in [0.2, 0.25) is 0 Å². The summed E-state index contributed by atoms with van der Waals surface area (Å²) in [6.07, 6.45) is 3.19. The lowest BCUT2D eigenvalue weighted by molar-refractivity contribution is -0.120. The lowest BCUT2D eigenvalue weighted by atomic mass is 9.77. The molecule has 0 saturated heterocycles. The summed E-state index contributed by atoms with van der Waals surface area (Å²) in [5.74, 6) is 0.858. The Labute approximate surface area is 122 Å². The number of benzene rings is 1. The lowest BCUT2D eigenvalue weighted by Gasteiger charge is -2.34. The molecule has 0 bridgehead atoms. The Morgan fingerprint density at radius 2 is 2.10 bits per heavy atom. The van der Waals surface area contributed by atoms with Gasteiger partial charge in [-0.05, 0) is 24.8 Å². The molecular weight excluding hydrogens is 268 g/mol. The smallest absolute Gasteiger partial charge is 0.246 e. The number of carbonyl (C=O) groups is 1. The first-order valence-corrected chi connectivity index (χ1v) is 7.08. The van der Waals surface area contributed by atoms with Crippen molar-refractivity contribution in [2.24, 2.45) is 5.73 Å². The van der Waals surface area contributed by atoms with Crippen molar-refractivity contribution >= 4 is 5.91 Å². The van der Waals surface area contributed by atoms with E-state index in [1.807, 2.05) is 30.3 Å². The van der Waals surface area contributed by atoms with Crippen molar-refractivity contribution in [1.82, 2.24) is 15.5 Å². The summed E-state index contributed by atoms with van der Waals surface area (Å²) < 4.78 is 5.13. The van der Waals surface area contributed by atoms with Crippen molar-refractivity contribution in [3.05, 3.63) is 47.6 Å². The fourth-order valence-corrected chi connectivity index (χ4v) is 2.33. The average Bonchev–Trinajstić information content (AvgIpc) is 2.93. The largest absolute Gasteiger partial charge is 0.347 e. The minimum Gasteiger partial charge on any atom is -0.347 e. The predicted molar refractivity (Wildman–Crippen MR) is 76.0 cm³/mol. The van der Waals surface area contributed by atoms with Crippen LogP contribution in [0, 0.1) is 0 Å². The highest BCUT2D eigenvalue weighted by atomic mass is 16.5. The van der Waals surface area contributed by atoms with E-state index in [9.17, 15) is 4.79 Å². The van der Waals surface area contributed by atoms with Gasteiger partial charge in [0.25, 0.3) is 0 Å². The van der Waals surface area contributed by atoms with Gasteiger partial charge >= 0.3 is 0 Å². The maximum atomic E-state index is 11.8. The summed E-state index contributed by atoms with van der Waals surface area (Å²) in [6, 6.07) is 9.57. The van der Waals surface area contributed by atoms with Crippen LogP contribution in [-0.4, -0.2) is 16.0 Å². The third-order valence-electron chi connectivity index (χ3n) is 3.80. The number of nitrogens with one attached hydrogen (secondary N) is 1. The lowest BCUT2D eigenvalue weighted by Crippen LogP contribution is -2.44. The molecule has 0 radical (unpaired) electrons. The molecule has 1 aromatic carbocycles. The SMILES string of the molecule is NC1(c2noc(CNC(=O)Cc3ccccc3)n2)CCC1. The maximum Gasteiger partial charge on any atom is 0.246 e. The molecule has 1 fully saturated rings. The first kappa shape index (κ1) is 13.8. The molecule has 0 aliphatic heterocycles. The van der Waals surface area contributed by atoms with Crippen LogP contribution in [0.5, 0.6) is 0 Å². The van der Waals surface area contributed by atoms with Gasteiger partial charge in [0.15, 0.2) is 5.82 Å². The molecule has 21 heavy (non-hydrogen) atoms. The zero-order chi connectivity index (χ0) is 14.7. The van der Waals surface area contributed by atoms with E-state index in [1.165, 1.54) is 0 Å². The highest BCUT2D eigenvalue weighted by Gasteiger charge is 2.38. The number of aromatic nitrogens is 2. The standard InChI is InChI=1S/C15H18N4O2/c16-15(7-4-8-15)14-18-13(21-19-14)10-17-12(20)9-11-5-2-1-3-6-11/h1-3,5-6H,4,7-10,16H2,(H,17,20). The van der Waals surface area contributed by atoms with Gasteiger partial charge in [0, 0.05) is 0 Å². The third-order valence-corrected chi connectivity index (χ3v) is 3.80. The first-order chi connectivity index (χ1) is 10.2. The Balaban J connectivity index is 1.52. The van der Waals surface area contributed by atoms with Crippen molar-refractivity contribution in [3.8, 4) is 0 Å². The third kappa shape index (κ3) is 3.11. The highest BCUT2D eigenvalue weighted by molar-refractivity contribution is 5.78. The van der Waals surface area contributed by atoms with Crippen LogP contribution >= 0.6 is 0 Å². The van der Waals surface area contributed by atoms with Crippen LogP contribution < -0.4 is 11.1 Å². The summed E-state index contributed by atoms with van der Waals surface area (Å²) in [4.78, 5) is 16.1. The Morgan fingerprint density at radius 1 is 1.33 bits per heavy atom. The van der Waals surface area contributed by atoms with E-state index < -0.39 is 5.54 Å². The number of amides is 1. The maximum absolute atomic E-state index is 11.8. The second-order valence-electron chi connectivity index (χ2n) is 5.46. The molecule has 1 aromatic heterocycles. The van der Waals surface area contributed by atoms with Crippen LogP contribution in [0.4, 0.5) is 0 Å². The summed E-state index contributed by atoms with van der Waals surface area (Å²) in [5, 5.41) is 6.68. The van der Waals surface area contributed by atoms with E-state index in [0.29, 0.717) is 18.1 Å². The van der Waals surface area contributed by atoms with Gasteiger partial charge in [-0.1, -0.05) is 35.5 Å². The van der Waals surface area contributed by atoms with Crippen LogP contribution in [0.3, 0.4) is 0 Å². The van der Waals surface area contributed by atoms with Gasteiger partial charge in [-0.25, -0.2) is 0 Å². The van der Waals surface area contributed by atoms with Crippen LogP contribution in [-0.2, 0) is 23.3 Å². The number of nitrogens with two attached hydrogens (primary N) is 1. The molecule has 2 aromatic rings. The van der Waals surface area contributed by atoms with E-state index in [0.717, 1.165) is 24.8 Å². The zero-order valence-electron chi connectivity index (χ0n) is 11.7. The Morgan fingerprint density at radius 3 is 2.76 bits per heavy atom. The van der Waals surface area contributed by atoms with Crippen LogP contribution in [0.15, 0.2) is 34.9 Å². The van der Waals surface area contributed by atoms with E-state index in [-0.39, 0.29) is 12.5 Å². The monoisotopic (exact) mass is 286 g/mol. The van der Waals surface area contributed by atoms with Crippen molar-refractivity contribution in [3.63, 3.8) is 0 Å². The van der Waals surface area contributed by atoms with Crippen molar-refractivity contribution in [1.29, 1.82) is 0 Å². The van der Waals surface area contributed by atoms with Crippen LogP contribution in [0.1, 0.15) is 36.5 Å². The van der Waals surface area contributed by atoms with Crippen molar-refractivity contribution in [2.45, 2.75) is 37.8 Å². The summed E-state index contributed by atoms with van der Waals surface area (Å²) in [7, 11) is 0. The Bertz CT molecular complexity index is 620. The number of nitrogens with zero attached hydrogens (tertiary/aromatic N) is 2. The molecule has 6 nitrogen and oxygen atoms in total. The number of rotatable bonds is 5. The van der Waals surface area contributed by atoms with Gasteiger partial charge in [-0.2, -0.15) is 4.98 Å². The minimum absolute atomic E-state index is 0.0768. The molecule has 1 heterocycles. The van der Waals surface area contributed by atoms with Gasteiger partial charge in [0.05, 0.1) is 18.5 Å². The summed E-state index contributed by atoms with van der Waals surface area (Å²) >= 11 is 0. The fourth-order valence-electron chi connectivity index (χ4n) is 2.33. The van der Waals surface area contributed by atoms with Gasteiger partial charge in [-0.15, -0.1) is 0 Å². The topological polar surface area (TPSA) is 94.0 Å². The second kappa shape index (κ2) is 5.65. The van der Waals surface area contributed by atoms with E-state index >= 15 is 0 Å². The molecule has 3 rings (SSSR count). The molecule has 1 aliphatic carbocycles. The van der Waals surface area contributed by atoms with E-state index in [1.54, 1.807) is 0 Å². The zero-order valence-corrected chi connectivity index (χ0v) is 11.7. The highest BCUT2D eigenvalue weighted by Crippen LogP contribution is 2.36. The van der Waals surface area contributed by atoms with Gasteiger partial charge in [0.1, 0.15) is 0 Å². The summed E-state index contributed by atoms with van der Waals surface area (Å²) in [5.41, 5.74) is 6.66. The fraction of sp³-hybridized carbons (Fsp3) is 0.400. The average molecular weight is 286 g/mol. The molecule has 6 heteroatoms. The van der Waals surface area contributed by atoms with Crippen molar-refractivity contribution in [2.75, 3.05) is 0 Å². The van der Waals surface area contributed by atoms with Crippen molar-refractivity contribution < 1.29 is 9.32 Å². The number of hydrogen-bond acceptors (Lipinski definition) is 5.